The normalized spacial score (nSPS) is 11.9. The molecular weight excluding hydrogens is 617 g/mol. The molecule has 0 bridgehead atoms. The number of nitrogens with zero attached hydrogens (tertiary/aromatic N) is 2. The van der Waals surface area contributed by atoms with Gasteiger partial charge in [0.2, 0.25) is 11.8 Å². The number of hydrogen-bond donors (Lipinski definition) is 1. The lowest BCUT2D eigenvalue weighted by Crippen LogP contribution is -2.53. The molecule has 0 spiro atoms. The highest BCUT2D eigenvalue weighted by molar-refractivity contribution is 7.92. The molecule has 0 unspecified atom stereocenters. The third-order valence-electron chi connectivity index (χ3n) is 7.04. The Kier molecular flexibility index (Phi) is 11.4. The van der Waals surface area contributed by atoms with Crippen molar-refractivity contribution in [1.82, 2.24) is 10.2 Å². The second kappa shape index (κ2) is 15.2. The first-order valence-electron chi connectivity index (χ1n) is 14.3. The molecule has 44 heavy (non-hydrogen) atoms. The Labute approximate surface area is 269 Å². The van der Waals surface area contributed by atoms with Crippen LogP contribution in [0.4, 0.5) is 5.69 Å². The fourth-order valence-electron chi connectivity index (χ4n) is 4.84. The van der Waals surface area contributed by atoms with Gasteiger partial charge in [-0.25, -0.2) is 8.42 Å². The summed E-state index contributed by atoms with van der Waals surface area (Å²) in [5.41, 5.74) is 2.76. The smallest absolute Gasteiger partial charge is 0.264 e. The Bertz CT molecular complexity index is 1690. The predicted octanol–water partition coefficient (Wildman–Crippen LogP) is 6.66. The van der Waals surface area contributed by atoms with Gasteiger partial charge in [0.25, 0.3) is 10.0 Å². The average Bonchev–Trinajstić information content (AvgIpc) is 3.01. The Morgan fingerprint density at radius 1 is 0.841 bits per heavy atom. The molecule has 0 heterocycles. The van der Waals surface area contributed by atoms with E-state index < -0.39 is 28.5 Å². The van der Waals surface area contributed by atoms with Gasteiger partial charge in [-0.2, -0.15) is 0 Å². The maximum atomic E-state index is 14.5. The molecule has 4 aromatic carbocycles. The van der Waals surface area contributed by atoms with E-state index in [-0.39, 0.29) is 34.5 Å². The van der Waals surface area contributed by atoms with Crippen LogP contribution in [0.3, 0.4) is 0 Å². The molecule has 4 rings (SSSR count). The van der Waals surface area contributed by atoms with Gasteiger partial charge >= 0.3 is 0 Å². The Hall–Kier alpha value is -3.85. The van der Waals surface area contributed by atoms with E-state index >= 15 is 0 Å². The van der Waals surface area contributed by atoms with Crippen molar-refractivity contribution >= 4 is 50.7 Å². The highest BCUT2D eigenvalue weighted by Crippen LogP contribution is 2.33. The van der Waals surface area contributed by atoms with E-state index in [1.807, 2.05) is 68.4 Å². The first-order chi connectivity index (χ1) is 21.1. The Morgan fingerprint density at radius 3 is 2.14 bits per heavy atom. The molecule has 0 aliphatic heterocycles. The van der Waals surface area contributed by atoms with Gasteiger partial charge in [0, 0.05) is 24.5 Å². The summed E-state index contributed by atoms with van der Waals surface area (Å²) in [5, 5.41) is 3.33. The van der Waals surface area contributed by atoms with Crippen LogP contribution in [0, 0.1) is 6.92 Å². The van der Waals surface area contributed by atoms with Crippen LogP contribution in [0.2, 0.25) is 10.0 Å². The fourth-order valence-corrected chi connectivity index (χ4v) is 6.86. The molecule has 4 aromatic rings. The van der Waals surface area contributed by atoms with Crippen molar-refractivity contribution in [3.63, 3.8) is 0 Å². The van der Waals surface area contributed by atoms with Gasteiger partial charge in [-0.3, -0.25) is 13.9 Å². The molecule has 0 saturated heterocycles. The largest absolute Gasteiger partial charge is 0.354 e. The van der Waals surface area contributed by atoms with E-state index in [0.717, 1.165) is 21.0 Å². The van der Waals surface area contributed by atoms with Crippen molar-refractivity contribution in [2.75, 3.05) is 17.4 Å². The summed E-state index contributed by atoms with van der Waals surface area (Å²) in [5.74, 6) is -0.886. The maximum Gasteiger partial charge on any atom is 0.264 e. The van der Waals surface area contributed by atoms with Crippen LogP contribution in [0.1, 0.15) is 30.0 Å². The number of carbonyl (C=O) groups excluding carboxylic acids is 2. The minimum absolute atomic E-state index is 0.00873. The van der Waals surface area contributed by atoms with E-state index in [9.17, 15) is 18.0 Å². The minimum Gasteiger partial charge on any atom is -0.354 e. The minimum atomic E-state index is -4.26. The van der Waals surface area contributed by atoms with Crippen molar-refractivity contribution in [3.05, 3.63) is 130 Å². The molecular formula is C34H35Cl2N3O4S. The molecule has 1 atom stereocenters. The lowest BCUT2D eigenvalue weighted by atomic mass is 10.0. The number of sulfonamides is 1. The molecule has 0 aromatic heterocycles. The quantitative estimate of drug-likeness (QED) is 0.175. The van der Waals surface area contributed by atoms with Crippen LogP contribution < -0.4 is 9.62 Å². The Morgan fingerprint density at radius 2 is 1.50 bits per heavy atom. The number of halogens is 2. The summed E-state index contributed by atoms with van der Waals surface area (Å²) < 4.78 is 29.1. The second-order valence-electron chi connectivity index (χ2n) is 10.4. The molecule has 0 radical (unpaired) electrons. The highest BCUT2D eigenvalue weighted by atomic mass is 35.5. The summed E-state index contributed by atoms with van der Waals surface area (Å²) in [4.78, 5) is 29.6. The van der Waals surface area contributed by atoms with Crippen LogP contribution in [0.5, 0.6) is 0 Å². The monoisotopic (exact) mass is 651 g/mol. The number of benzene rings is 4. The SMILES string of the molecule is CCCNC(=O)[C@H](Cc1ccccc1)N(Cc1cccc(C)c1)C(=O)CN(c1ccc(Cl)cc1Cl)S(=O)(=O)c1ccccc1. The fraction of sp³-hybridized carbons (Fsp3) is 0.235. The topological polar surface area (TPSA) is 86.8 Å². The number of nitrogens with one attached hydrogen (secondary N) is 1. The second-order valence-corrected chi connectivity index (χ2v) is 13.1. The summed E-state index contributed by atoms with van der Waals surface area (Å²) in [6, 6.07) is 28.4. The van der Waals surface area contributed by atoms with Gasteiger partial charge in [0.05, 0.1) is 15.6 Å². The van der Waals surface area contributed by atoms with Crippen molar-refractivity contribution in [3.8, 4) is 0 Å². The lowest BCUT2D eigenvalue weighted by molar-refractivity contribution is -0.140. The summed E-state index contributed by atoms with van der Waals surface area (Å²) >= 11 is 12.7. The zero-order chi connectivity index (χ0) is 31.7. The van der Waals surface area contributed by atoms with E-state index in [0.29, 0.717) is 18.0 Å². The number of hydrogen-bond acceptors (Lipinski definition) is 4. The van der Waals surface area contributed by atoms with Gasteiger partial charge in [-0.1, -0.05) is 108 Å². The molecule has 1 N–H and O–H groups in total. The predicted molar refractivity (Wildman–Crippen MR) is 176 cm³/mol. The molecule has 0 aliphatic rings. The van der Waals surface area contributed by atoms with Gasteiger partial charge < -0.3 is 10.2 Å². The van der Waals surface area contributed by atoms with Gasteiger partial charge in [0.1, 0.15) is 12.6 Å². The van der Waals surface area contributed by atoms with Crippen LogP contribution in [0.25, 0.3) is 0 Å². The van der Waals surface area contributed by atoms with Crippen molar-refractivity contribution < 1.29 is 18.0 Å². The van der Waals surface area contributed by atoms with Gasteiger partial charge in [0.15, 0.2) is 0 Å². The number of carbonyl (C=O) groups is 2. The molecule has 0 saturated carbocycles. The highest BCUT2D eigenvalue weighted by Gasteiger charge is 2.35. The maximum absolute atomic E-state index is 14.5. The number of amides is 2. The van der Waals surface area contributed by atoms with Crippen LogP contribution in [-0.4, -0.2) is 44.3 Å². The van der Waals surface area contributed by atoms with E-state index in [2.05, 4.69) is 5.32 Å². The first kappa shape index (κ1) is 33.1. The van der Waals surface area contributed by atoms with E-state index in [4.69, 9.17) is 23.2 Å². The molecule has 0 aliphatic carbocycles. The molecule has 2 amide bonds. The third kappa shape index (κ3) is 8.40. The zero-order valence-electron chi connectivity index (χ0n) is 24.6. The first-order valence-corrected chi connectivity index (χ1v) is 16.5. The lowest BCUT2D eigenvalue weighted by Gasteiger charge is -2.34. The van der Waals surface area contributed by atoms with Crippen molar-refractivity contribution in [2.24, 2.45) is 0 Å². The van der Waals surface area contributed by atoms with E-state index in [1.165, 1.54) is 35.2 Å². The van der Waals surface area contributed by atoms with Crippen LogP contribution in [-0.2, 0) is 32.6 Å². The van der Waals surface area contributed by atoms with Crippen LogP contribution >= 0.6 is 23.2 Å². The molecule has 0 fully saturated rings. The molecule has 7 nitrogen and oxygen atoms in total. The standard InChI is InChI=1S/C34H35Cl2N3O4S/c1-3-19-37-34(41)32(21-26-12-6-4-7-13-26)38(23-27-14-10-11-25(2)20-27)33(40)24-39(31-18-17-28(35)22-30(31)36)44(42,43)29-15-8-5-9-16-29/h4-18,20,22,32H,3,19,21,23-24H2,1-2H3,(H,37,41)/t32-/m0/s1. The Balaban J connectivity index is 1.81. The van der Waals surface area contributed by atoms with Crippen molar-refractivity contribution in [1.29, 1.82) is 0 Å². The molecule has 10 heteroatoms. The number of aryl methyl sites for hydroxylation is 1. The average molecular weight is 653 g/mol. The third-order valence-corrected chi connectivity index (χ3v) is 9.36. The van der Waals surface area contributed by atoms with E-state index in [1.54, 1.807) is 18.2 Å². The van der Waals surface area contributed by atoms with Gasteiger partial charge in [-0.05, 0) is 54.8 Å². The summed E-state index contributed by atoms with van der Waals surface area (Å²) in [7, 11) is -4.26. The number of anilines is 1. The number of rotatable bonds is 13. The molecule has 230 valence electrons. The van der Waals surface area contributed by atoms with Gasteiger partial charge in [-0.15, -0.1) is 0 Å². The summed E-state index contributed by atoms with van der Waals surface area (Å²) in [6.45, 7) is 3.82. The van der Waals surface area contributed by atoms with Crippen molar-refractivity contribution in [2.45, 2.75) is 44.2 Å². The summed E-state index contributed by atoms with van der Waals surface area (Å²) in [6.07, 6.45) is 0.953. The van der Waals surface area contributed by atoms with Crippen LogP contribution in [0.15, 0.2) is 108 Å². The zero-order valence-corrected chi connectivity index (χ0v) is 26.9.